The quantitative estimate of drug-likeness (QED) is 0.871. The molecule has 1 atom stereocenters. The molecule has 0 saturated carbocycles. The second-order valence-electron chi connectivity index (χ2n) is 4.36. The molecule has 0 spiro atoms. The molecule has 1 saturated heterocycles. The van der Waals surface area contributed by atoms with E-state index < -0.39 is 0 Å². The molecule has 1 aliphatic rings. The molecule has 1 fully saturated rings. The van der Waals surface area contributed by atoms with Gasteiger partial charge in [0.1, 0.15) is 11.9 Å². The molecule has 4 heteroatoms. The van der Waals surface area contributed by atoms with Gasteiger partial charge in [0, 0.05) is 12.1 Å². The van der Waals surface area contributed by atoms with E-state index in [9.17, 15) is 5.11 Å². The third-order valence-electron chi connectivity index (χ3n) is 2.94. The van der Waals surface area contributed by atoms with Crippen LogP contribution in [0.2, 0.25) is 0 Å². The van der Waals surface area contributed by atoms with Crippen LogP contribution in [-0.2, 0) is 6.61 Å². The summed E-state index contributed by atoms with van der Waals surface area (Å²) in [6.07, 6.45) is 2.48. The summed E-state index contributed by atoms with van der Waals surface area (Å²) in [5, 5.41) is 12.6. The van der Waals surface area contributed by atoms with Crippen molar-refractivity contribution in [1.29, 1.82) is 0 Å². The van der Waals surface area contributed by atoms with Crippen LogP contribution >= 0.6 is 12.4 Å². The Morgan fingerprint density at radius 1 is 1.47 bits per heavy atom. The van der Waals surface area contributed by atoms with Crippen molar-refractivity contribution >= 4 is 12.4 Å². The van der Waals surface area contributed by atoms with E-state index in [1.54, 1.807) is 0 Å². The highest BCUT2D eigenvalue weighted by molar-refractivity contribution is 5.85. The maximum atomic E-state index is 9.24. The van der Waals surface area contributed by atoms with Gasteiger partial charge in [-0.25, -0.2) is 0 Å². The van der Waals surface area contributed by atoms with Gasteiger partial charge >= 0.3 is 0 Å². The van der Waals surface area contributed by atoms with Crippen LogP contribution in [-0.4, -0.2) is 24.3 Å². The smallest absolute Gasteiger partial charge is 0.125 e. The lowest BCUT2D eigenvalue weighted by Gasteiger charge is -2.25. The molecule has 0 aliphatic carbocycles. The van der Waals surface area contributed by atoms with Crippen molar-refractivity contribution in [2.24, 2.45) is 0 Å². The van der Waals surface area contributed by atoms with Gasteiger partial charge in [-0.05, 0) is 37.9 Å². The Labute approximate surface area is 109 Å². The van der Waals surface area contributed by atoms with E-state index in [2.05, 4.69) is 5.32 Å². The van der Waals surface area contributed by atoms with Gasteiger partial charge in [-0.1, -0.05) is 12.1 Å². The summed E-state index contributed by atoms with van der Waals surface area (Å²) in [5.41, 5.74) is 2.03. The van der Waals surface area contributed by atoms with Crippen LogP contribution in [0.1, 0.15) is 24.0 Å². The highest BCUT2D eigenvalue weighted by Crippen LogP contribution is 2.23. The predicted molar refractivity (Wildman–Crippen MR) is 70.9 cm³/mol. The van der Waals surface area contributed by atoms with E-state index in [1.165, 1.54) is 0 Å². The summed E-state index contributed by atoms with van der Waals surface area (Å²) in [5.74, 6) is 0.830. The van der Waals surface area contributed by atoms with Gasteiger partial charge in [0.25, 0.3) is 0 Å². The summed E-state index contributed by atoms with van der Waals surface area (Å²) < 4.78 is 5.94. The first-order chi connectivity index (χ1) is 7.79. The maximum Gasteiger partial charge on any atom is 0.125 e. The molecule has 96 valence electrons. The first-order valence-electron chi connectivity index (χ1n) is 5.87. The Hall–Kier alpha value is -0.770. The topological polar surface area (TPSA) is 41.5 Å². The van der Waals surface area contributed by atoms with E-state index in [4.69, 9.17) is 4.74 Å². The van der Waals surface area contributed by atoms with Crippen molar-refractivity contribution in [2.75, 3.05) is 13.1 Å². The number of ether oxygens (including phenoxy) is 1. The van der Waals surface area contributed by atoms with E-state index in [-0.39, 0.29) is 25.1 Å². The van der Waals surface area contributed by atoms with Gasteiger partial charge in [-0.2, -0.15) is 0 Å². The number of nitrogens with one attached hydrogen (secondary N) is 1. The van der Waals surface area contributed by atoms with Crippen molar-refractivity contribution in [3.63, 3.8) is 0 Å². The zero-order valence-corrected chi connectivity index (χ0v) is 10.9. The summed E-state index contributed by atoms with van der Waals surface area (Å²) in [6, 6.07) is 5.93. The van der Waals surface area contributed by atoms with Gasteiger partial charge < -0.3 is 15.2 Å². The van der Waals surface area contributed by atoms with Crippen molar-refractivity contribution in [1.82, 2.24) is 5.32 Å². The highest BCUT2D eigenvalue weighted by Gasteiger charge is 2.15. The fourth-order valence-corrected chi connectivity index (χ4v) is 2.00. The Bertz CT molecular complexity index is 351. The minimum absolute atomic E-state index is 0. The molecular formula is C13H20ClNO2. The summed E-state index contributed by atoms with van der Waals surface area (Å²) in [7, 11) is 0. The van der Waals surface area contributed by atoms with Gasteiger partial charge in [0.15, 0.2) is 0 Å². The third kappa shape index (κ3) is 3.87. The molecule has 0 radical (unpaired) electrons. The van der Waals surface area contributed by atoms with Crippen LogP contribution < -0.4 is 10.1 Å². The normalized spacial score (nSPS) is 19.5. The van der Waals surface area contributed by atoms with Gasteiger partial charge in [-0.3, -0.25) is 0 Å². The SMILES string of the molecule is Cc1ccc(CO)c(OC2CCCNC2)c1.Cl. The highest BCUT2D eigenvalue weighted by atomic mass is 35.5. The average Bonchev–Trinajstić information content (AvgIpc) is 2.31. The number of piperidine rings is 1. The molecule has 0 aromatic heterocycles. The third-order valence-corrected chi connectivity index (χ3v) is 2.94. The molecule has 1 aromatic rings. The molecular weight excluding hydrogens is 238 g/mol. The summed E-state index contributed by atoms with van der Waals surface area (Å²) in [6.45, 7) is 4.06. The standard InChI is InChI=1S/C13H19NO2.ClH/c1-10-4-5-11(9-15)13(7-10)16-12-3-2-6-14-8-12;/h4-5,7,12,14-15H,2-3,6,8-9H2,1H3;1H. The minimum Gasteiger partial charge on any atom is -0.489 e. The van der Waals surface area contributed by atoms with E-state index >= 15 is 0 Å². The van der Waals surface area contributed by atoms with Crippen LogP contribution in [0.3, 0.4) is 0 Å². The number of halogens is 1. The largest absolute Gasteiger partial charge is 0.489 e. The van der Waals surface area contributed by atoms with Crippen molar-refractivity contribution < 1.29 is 9.84 Å². The number of hydrogen-bond acceptors (Lipinski definition) is 3. The van der Waals surface area contributed by atoms with Gasteiger partial charge in [0.05, 0.1) is 6.61 Å². The van der Waals surface area contributed by atoms with Crippen LogP contribution in [0.15, 0.2) is 18.2 Å². The zero-order valence-electron chi connectivity index (χ0n) is 10.1. The molecule has 0 bridgehead atoms. The van der Waals surface area contributed by atoms with Gasteiger partial charge in [-0.15, -0.1) is 12.4 Å². The van der Waals surface area contributed by atoms with E-state index in [1.807, 2.05) is 25.1 Å². The first-order valence-corrected chi connectivity index (χ1v) is 5.87. The number of rotatable bonds is 3. The Morgan fingerprint density at radius 2 is 2.29 bits per heavy atom. The summed E-state index contributed by atoms with van der Waals surface area (Å²) >= 11 is 0. The number of hydrogen-bond donors (Lipinski definition) is 2. The van der Waals surface area contributed by atoms with E-state index in [0.29, 0.717) is 0 Å². The average molecular weight is 258 g/mol. The fourth-order valence-electron chi connectivity index (χ4n) is 2.00. The number of aliphatic hydroxyl groups excluding tert-OH is 1. The van der Waals surface area contributed by atoms with Crippen LogP contribution in [0.4, 0.5) is 0 Å². The number of aryl methyl sites for hydroxylation is 1. The lowest BCUT2D eigenvalue weighted by atomic mass is 10.1. The van der Waals surface area contributed by atoms with Gasteiger partial charge in [0.2, 0.25) is 0 Å². The molecule has 1 aromatic carbocycles. The zero-order chi connectivity index (χ0) is 11.4. The Kier molecular flexibility index (Phi) is 5.75. The predicted octanol–water partition coefficient (Wildman–Crippen LogP) is 2.04. The number of aliphatic hydroxyl groups is 1. The monoisotopic (exact) mass is 257 g/mol. The lowest BCUT2D eigenvalue weighted by molar-refractivity contribution is 0.161. The molecule has 2 N–H and O–H groups in total. The van der Waals surface area contributed by atoms with Crippen LogP contribution in [0.5, 0.6) is 5.75 Å². The lowest BCUT2D eigenvalue weighted by Crippen LogP contribution is -2.37. The van der Waals surface area contributed by atoms with Crippen molar-refractivity contribution in [2.45, 2.75) is 32.5 Å². The summed E-state index contributed by atoms with van der Waals surface area (Å²) in [4.78, 5) is 0. The molecule has 3 nitrogen and oxygen atoms in total. The second kappa shape index (κ2) is 6.84. The second-order valence-corrected chi connectivity index (χ2v) is 4.36. The van der Waals surface area contributed by atoms with Crippen LogP contribution in [0.25, 0.3) is 0 Å². The molecule has 1 heterocycles. The van der Waals surface area contributed by atoms with Crippen molar-refractivity contribution in [3.8, 4) is 5.75 Å². The van der Waals surface area contributed by atoms with Crippen LogP contribution in [0, 0.1) is 6.92 Å². The molecule has 0 amide bonds. The Balaban J connectivity index is 0.00000144. The number of benzene rings is 1. The molecule has 2 rings (SSSR count). The fraction of sp³-hybridized carbons (Fsp3) is 0.538. The van der Waals surface area contributed by atoms with E-state index in [0.717, 1.165) is 42.8 Å². The first kappa shape index (κ1) is 14.3. The molecule has 1 aliphatic heterocycles. The molecule has 1 unspecified atom stereocenters. The minimum atomic E-state index is 0. The Morgan fingerprint density at radius 3 is 2.94 bits per heavy atom. The molecule has 17 heavy (non-hydrogen) atoms. The van der Waals surface area contributed by atoms with Crippen molar-refractivity contribution in [3.05, 3.63) is 29.3 Å². The maximum absolute atomic E-state index is 9.24.